The topological polar surface area (TPSA) is 37.4 Å². The molecule has 4 rings (SSSR count). The molecule has 0 radical (unpaired) electrons. The number of nitrogens with zero attached hydrogens (tertiary/aromatic N) is 1. The molecule has 1 aliphatic heterocycles. The lowest BCUT2D eigenvalue weighted by Gasteiger charge is -2.28. The highest BCUT2D eigenvalue weighted by Crippen LogP contribution is 2.36. The van der Waals surface area contributed by atoms with Crippen LogP contribution in [-0.2, 0) is 0 Å². The molecule has 0 spiro atoms. The molecule has 0 atom stereocenters. The number of amides is 2. The van der Waals surface area contributed by atoms with Gasteiger partial charge in [0.2, 0.25) is 0 Å². The molecule has 24 heavy (non-hydrogen) atoms. The number of aryl methyl sites for hydroxylation is 2. The molecule has 0 aromatic heterocycles. The Hall–Kier alpha value is -2.46. The number of anilines is 1. The van der Waals surface area contributed by atoms with Gasteiger partial charge in [-0.15, -0.1) is 0 Å². The lowest BCUT2D eigenvalue weighted by molar-refractivity contribution is 0.0893. The normalized spacial score (nSPS) is 13.7. The van der Waals surface area contributed by atoms with Crippen molar-refractivity contribution in [1.82, 2.24) is 0 Å². The van der Waals surface area contributed by atoms with Crippen molar-refractivity contribution in [3.63, 3.8) is 0 Å². The van der Waals surface area contributed by atoms with Gasteiger partial charge < -0.3 is 0 Å². The molecule has 0 bridgehead atoms. The van der Waals surface area contributed by atoms with Crippen molar-refractivity contribution in [3.05, 3.63) is 75.3 Å². The van der Waals surface area contributed by atoms with Crippen LogP contribution >= 0.6 is 15.9 Å². The summed E-state index contributed by atoms with van der Waals surface area (Å²) in [6.07, 6.45) is 0. The van der Waals surface area contributed by atoms with Gasteiger partial charge in [-0.1, -0.05) is 34.1 Å². The number of benzene rings is 3. The number of carbonyl (C=O) groups is 2. The molecule has 0 N–H and O–H groups in total. The minimum Gasteiger partial charge on any atom is -0.268 e. The van der Waals surface area contributed by atoms with Crippen molar-refractivity contribution >= 4 is 44.2 Å². The summed E-state index contributed by atoms with van der Waals surface area (Å²) in [4.78, 5) is 27.3. The smallest absolute Gasteiger partial charge is 0.265 e. The molecule has 1 aliphatic rings. The number of carbonyl (C=O) groups excluding carboxylic acids is 2. The SMILES string of the molecule is Cc1ccc(N2C(=O)c3cccc4c(Br)ccc(c34)C2=O)cc1C. The van der Waals surface area contributed by atoms with E-state index < -0.39 is 0 Å². The zero-order chi connectivity index (χ0) is 17.0. The van der Waals surface area contributed by atoms with E-state index >= 15 is 0 Å². The lowest BCUT2D eigenvalue weighted by atomic mass is 9.93. The summed E-state index contributed by atoms with van der Waals surface area (Å²) in [5.41, 5.74) is 3.90. The molecular weight excluding hydrogens is 366 g/mol. The third-order valence-corrected chi connectivity index (χ3v) is 5.29. The molecule has 0 fully saturated rings. The molecular formula is C20H14BrNO2. The first-order valence-corrected chi connectivity index (χ1v) is 8.45. The zero-order valence-electron chi connectivity index (χ0n) is 13.3. The first-order valence-electron chi connectivity index (χ1n) is 7.66. The second-order valence-electron chi connectivity index (χ2n) is 6.04. The molecule has 0 saturated carbocycles. The van der Waals surface area contributed by atoms with E-state index in [9.17, 15) is 9.59 Å². The maximum atomic E-state index is 13.0. The van der Waals surface area contributed by atoms with Gasteiger partial charge in [0.1, 0.15) is 0 Å². The quantitative estimate of drug-likeness (QED) is 0.556. The van der Waals surface area contributed by atoms with Gasteiger partial charge in [0.25, 0.3) is 11.8 Å². The molecule has 0 saturated heterocycles. The number of hydrogen-bond acceptors (Lipinski definition) is 2. The second kappa shape index (κ2) is 5.28. The van der Waals surface area contributed by atoms with Crippen LogP contribution in [0.5, 0.6) is 0 Å². The highest BCUT2D eigenvalue weighted by Gasteiger charge is 2.34. The number of halogens is 1. The third kappa shape index (κ3) is 2.03. The maximum Gasteiger partial charge on any atom is 0.265 e. The highest BCUT2D eigenvalue weighted by molar-refractivity contribution is 9.10. The van der Waals surface area contributed by atoms with Crippen molar-refractivity contribution in [1.29, 1.82) is 0 Å². The van der Waals surface area contributed by atoms with Crippen molar-refractivity contribution < 1.29 is 9.59 Å². The summed E-state index contributed by atoms with van der Waals surface area (Å²) in [6, 6.07) is 14.8. The van der Waals surface area contributed by atoms with Crippen LogP contribution in [0.1, 0.15) is 31.8 Å². The Morgan fingerprint density at radius 3 is 2.25 bits per heavy atom. The minimum absolute atomic E-state index is 0.278. The summed E-state index contributed by atoms with van der Waals surface area (Å²) >= 11 is 3.50. The predicted octanol–water partition coefficient (Wildman–Crippen LogP) is 5.02. The van der Waals surface area contributed by atoms with Gasteiger partial charge in [0.15, 0.2) is 0 Å². The Labute approximate surface area is 148 Å². The highest BCUT2D eigenvalue weighted by atomic mass is 79.9. The fourth-order valence-electron chi connectivity index (χ4n) is 3.16. The van der Waals surface area contributed by atoms with Crippen LogP contribution in [0, 0.1) is 13.8 Å². The minimum atomic E-state index is -0.278. The average Bonchev–Trinajstić information content (AvgIpc) is 2.57. The van der Waals surface area contributed by atoms with E-state index in [0.29, 0.717) is 16.8 Å². The Bertz CT molecular complexity index is 1020. The summed E-state index contributed by atoms with van der Waals surface area (Å²) in [7, 11) is 0. The fraction of sp³-hybridized carbons (Fsp3) is 0.100. The van der Waals surface area contributed by atoms with Crippen LogP contribution in [0.25, 0.3) is 10.8 Å². The van der Waals surface area contributed by atoms with Crippen LogP contribution in [0.4, 0.5) is 5.69 Å². The molecule has 2 amide bonds. The van der Waals surface area contributed by atoms with Crippen molar-refractivity contribution in [2.75, 3.05) is 4.90 Å². The number of rotatable bonds is 1. The van der Waals surface area contributed by atoms with Gasteiger partial charge in [0, 0.05) is 21.0 Å². The average molecular weight is 380 g/mol. The van der Waals surface area contributed by atoms with E-state index in [2.05, 4.69) is 15.9 Å². The largest absolute Gasteiger partial charge is 0.268 e. The Morgan fingerprint density at radius 2 is 1.54 bits per heavy atom. The van der Waals surface area contributed by atoms with Crippen molar-refractivity contribution in [3.8, 4) is 0 Å². The Morgan fingerprint density at radius 1 is 0.833 bits per heavy atom. The van der Waals surface area contributed by atoms with E-state index in [4.69, 9.17) is 0 Å². The summed E-state index contributed by atoms with van der Waals surface area (Å²) < 4.78 is 0.878. The van der Waals surface area contributed by atoms with Gasteiger partial charge in [-0.05, 0) is 60.7 Å². The van der Waals surface area contributed by atoms with E-state index in [1.807, 2.05) is 50.2 Å². The van der Waals surface area contributed by atoms with Crippen LogP contribution < -0.4 is 4.90 Å². The van der Waals surface area contributed by atoms with Gasteiger partial charge >= 0.3 is 0 Å². The van der Waals surface area contributed by atoms with Crippen molar-refractivity contribution in [2.45, 2.75) is 13.8 Å². The first-order chi connectivity index (χ1) is 11.5. The summed E-state index contributed by atoms with van der Waals surface area (Å²) in [6.45, 7) is 3.98. The van der Waals surface area contributed by atoms with E-state index in [1.54, 1.807) is 12.1 Å². The molecule has 0 unspecified atom stereocenters. The monoisotopic (exact) mass is 379 g/mol. The molecule has 1 heterocycles. The van der Waals surface area contributed by atoms with Crippen LogP contribution in [-0.4, -0.2) is 11.8 Å². The zero-order valence-corrected chi connectivity index (χ0v) is 14.8. The number of imide groups is 1. The van der Waals surface area contributed by atoms with Gasteiger partial charge in [-0.3, -0.25) is 9.59 Å². The summed E-state index contributed by atoms with van der Waals surface area (Å²) in [5, 5.41) is 1.60. The second-order valence-corrected chi connectivity index (χ2v) is 6.89. The molecule has 118 valence electrons. The third-order valence-electron chi connectivity index (χ3n) is 4.60. The molecule has 3 nitrogen and oxygen atoms in total. The molecule has 3 aromatic rings. The first kappa shape index (κ1) is 15.1. The molecule has 3 aromatic carbocycles. The van der Waals surface area contributed by atoms with Crippen molar-refractivity contribution in [2.24, 2.45) is 0 Å². The standard InChI is InChI=1S/C20H14BrNO2/c1-11-6-7-13(10-12(11)2)22-19(23)15-5-3-4-14-17(21)9-8-16(18(14)15)20(22)24/h3-10H,1-2H3. The predicted molar refractivity (Wildman–Crippen MR) is 98.7 cm³/mol. The van der Waals surface area contributed by atoms with E-state index in [-0.39, 0.29) is 11.8 Å². The molecule has 0 aliphatic carbocycles. The number of hydrogen-bond donors (Lipinski definition) is 0. The Balaban J connectivity index is 1.98. The van der Waals surface area contributed by atoms with Gasteiger partial charge in [-0.25, -0.2) is 4.90 Å². The lowest BCUT2D eigenvalue weighted by Crippen LogP contribution is -2.40. The van der Waals surface area contributed by atoms with E-state index in [1.165, 1.54) is 4.90 Å². The fourth-order valence-corrected chi connectivity index (χ4v) is 3.62. The van der Waals surface area contributed by atoms with Crippen LogP contribution in [0.2, 0.25) is 0 Å². The van der Waals surface area contributed by atoms with Crippen LogP contribution in [0.3, 0.4) is 0 Å². The summed E-state index contributed by atoms with van der Waals surface area (Å²) in [5.74, 6) is -0.557. The Kier molecular flexibility index (Phi) is 3.32. The maximum absolute atomic E-state index is 13.0. The molecule has 4 heteroatoms. The van der Waals surface area contributed by atoms with E-state index in [0.717, 1.165) is 26.4 Å². The van der Waals surface area contributed by atoms with Gasteiger partial charge in [-0.2, -0.15) is 0 Å². The van der Waals surface area contributed by atoms with Crippen LogP contribution in [0.15, 0.2) is 53.0 Å². The van der Waals surface area contributed by atoms with Gasteiger partial charge in [0.05, 0.1) is 5.69 Å².